The Balaban J connectivity index is 0.603. The number of aromatic nitrogens is 5. The van der Waals surface area contributed by atoms with Crippen LogP contribution in [0, 0.1) is 18.8 Å². The molecule has 19 heteroatoms. The average molecular weight is 1120 g/mol. The zero-order valence-electron chi connectivity index (χ0n) is 47.1. The van der Waals surface area contributed by atoms with Crippen LogP contribution in [0.25, 0.3) is 43.4 Å². The molecule has 5 aliphatic heterocycles. The number of benzene rings is 3. The Bertz CT molecular complexity index is 3450. The molecule has 18 nitrogen and oxygen atoms in total. The summed E-state index contributed by atoms with van der Waals surface area (Å²) >= 11 is 1.60. The molecule has 0 saturated carbocycles. The van der Waals surface area contributed by atoms with Crippen LogP contribution < -0.4 is 25.2 Å². The third kappa shape index (κ3) is 10.5. The highest BCUT2D eigenvalue weighted by molar-refractivity contribution is 7.13. The normalized spacial score (nSPS) is 23.1. The van der Waals surface area contributed by atoms with Gasteiger partial charge in [0.15, 0.2) is 11.6 Å². The van der Waals surface area contributed by atoms with Gasteiger partial charge in [0.05, 0.1) is 44.8 Å². The number of hydrogen-bond donors (Lipinski definition) is 4. The fraction of sp³-hybridized carbons (Fsp3) is 0.500. The minimum atomic E-state index is -0.808. The van der Waals surface area contributed by atoms with Gasteiger partial charge in [-0.05, 0) is 104 Å². The Morgan fingerprint density at radius 3 is 2.42 bits per heavy atom. The molecule has 2 bridgehead atoms. The smallest absolute Gasteiger partial charge is 0.319 e. The lowest BCUT2D eigenvalue weighted by atomic mass is 9.79. The summed E-state index contributed by atoms with van der Waals surface area (Å²) < 4.78 is 12.5. The number of phenolic OH excluding ortho intramolecular Hbond substituents is 1. The van der Waals surface area contributed by atoms with E-state index in [2.05, 4.69) is 65.5 Å². The van der Waals surface area contributed by atoms with Crippen LogP contribution >= 0.6 is 11.3 Å². The summed E-state index contributed by atoms with van der Waals surface area (Å²) in [7, 11) is 0. The molecular weight excluding hydrogens is 1040 g/mol. The minimum Gasteiger partial charge on any atom is -0.508 e. The van der Waals surface area contributed by atoms with Crippen molar-refractivity contribution in [1.82, 2.24) is 50.4 Å². The van der Waals surface area contributed by atoms with Crippen LogP contribution in [0.5, 0.6) is 11.8 Å². The van der Waals surface area contributed by atoms with E-state index >= 15 is 0 Å². The summed E-state index contributed by atoms with van der Waals surface area (Å²) in [6.07, 6.45) is 5.88. The number of amides is 2. The molecule has 424 valence electrons. The number of carbonyl (C=O) groups is 2. The Labute approximate surface area is 476 Å². The number of aromatic hydroxyl groups is 1. The molecule has 1 aliphatic carbocycles. The van der Waals surface area contributed by atoms with Gasteiger partial charge < -0.3 is 44.8 Å². The monoisotopic (exact) mass is 1110 g/mol. The van der Waals surface area contributed by atoms with Crippen molar-refractivity contribution >= 4 is 56.5 Å². The molecule has 0 radical (unpaired) electrons. The van der Waals surface area contributed by atoms with E-state index in [1.54, 1.807) is 11.3 Å². The Morgan fingerprint density at radius 2 is 1.68 bits per heavy atom. The first-order valence-electron chi connectivity index (χ1n) is 29.4. The molecule has 9 heterocycles. The van der Waals surface area contributed by atoms with Gasteiger partial charge in [0.25, 0.3) is 0 Å². The molecule has 5 fully saturated rings. The number of β-amino-alcohol motifs (C(OH)–C–C–N with tert-alkyl or cyclic N) is 1. The molecule has 4 aromatic heterocycles. The Hall–Kier alpha value is -6.77. The number of phenols is 1. The quantitative estimate of drug-likeness (QED) is 0.0772. The number of likely N-dealkylation sites (tertiary alicyclic amines) is 2. The summed E-state index contributed by atoms with van der Waals surface area (Å²) in [5.74, 6) is 1.61. The molecule has 81 heavy (non-hydrogen) atoms. The van der Waals surface area contributed by atoms with Crippen LogP contribution in [-0.2, 0) is 9.59 Å². The van der Waals surface area contributed by atoms with Gasteiger partial charge in [-0.2, -0.15) is 9.97 Å². The third-order valence-corrected chi connectivity index (χ3v) is 19.3. The average Bonchev–Trinajstić information content (AvgIpc) is 4.39. The number of rotatable bonds is 15. The fourth-order valence-electron chi connectivity index (χ4n) is 14.0. The van der Waals surface area contributed by atoms with Crippen LogP contribution in [-0.4, -0.2) is 165 Å². The predicted molar refractivity (Wildman–Crippen MR) is 314 cm³/mol. The van der Waals surface area contributed by atoms with Gasteiger partial charge in [-0.15, -0.1) is 11.3 Å². The lowest BCUT2D eigenvalue weighted by Gasteiger charge is -2.38. The second kappa shape index (κ2) is 22.2. The van der Waals surface area contributed by atoms with Crippen molar-refractivity contribution in [2.75, 3.05) is 88.4 Å². The summed E-state index contributed by atoms with van der Waals surface area (Å²) in [5.41, 5.74) is 9.77. The van der Waals surface area contributed by atoms with Gasteiger partial charge in [0.2, 0.25) is 11.8 Å². The Morgan fingerprint density at radius 1 is 0.901 bits per heavy atom. The van der Waals surface area contributed by atoms with Gasteiger partial charge >= 0.3 is 6.01 Å². The van der Waals surface area contributed by atoms with Crippen molar-refractivity contribution < 1.29 is 29.1 Å². The number of aliphatic hydroxyl groups excluding tert-OH is 1. The first kappa shape index (κ1) is 53.5. The minimum absolute atomic E-state index is 0.0290. The second-order valence-electron chi connectivity index (χ2n) is 24.1. The summed E-state index contributed by atoms with van der Waals surface area (Å²) in [6, 6.07) is 20.2. The second-order valence-corrected chi connectivity index (χ2v) is 24.9. The van der Waals surface area contributed by atoms with E-state index in [1.807, 2.05) is 81.9 Å². The molecule has 7 atom stereocenters. The number of thiazole rings is 1. The summed E-state index contributed by atoms with van der Waals surface area (Å²) in [5, 5.41) is 36.1. The topological polar surface area (TPSA) is 202 Å². The lowest BCUT2D eigenvalue weighted by molar-refractivity contribution is -0.141. The highest BCUT2D eigenvalue weighted by Crippen LogP contribution is 2.49. The number of anilines is 2. The molecule has 3 unspecified atom stereocenters. The SMILES string of the molecule is Cc1ncsc1-c1ccc([C@H](C)NC(=O)[C@@H]2C[C@@H](O)CN2C(=O)[C@@H](c2cc(N3CCN(CC4CCN(CCOc5nc(N6CC7CCC(C6)N7)c6cnc7c(c6n5)C(C)c5cccc6cc(O)cc-7c56)CC4)CC3)no2)C(C)C)cc1. The van der Waals surface area contributed by atoms with Gasteiger partial charge in [0, 0.05) is 107 Å². The van der Waals surface area contributed by atoms with Crippen molar-refractivity contribution in [3.63, 3.8) is 0 Å². The van der Waals surface area contributed by atoms with Crippen molar-refractivity contribution in [2.45, 2.75) is 109 Å². The number of carbonyl (C=O) groups excluding carboxylic acids is 2. The van der Waals surface area contributed by atoms with Gasteiger partial charge in [-0.3, -0.25) is 24.4 Å². The number of nitrogens with one attached hydrogen (secondary N) is 2. The maximum atomic E-state index is 14.5. The summed E-state index contributed by atoms with van der Waals surface area (Å²) in [4.78, 5) is 60.6. The number of fused-ring (bicyclic) bond motifs is 6. The number of piperidine rings is 1. The molecular formula is C62H74N12O6S. The van der Waals surface area contributed by atoms with Crippen molar-refractivity contribution in [3.8, 4) is 33.5 Å². The van der Waals surface area contributed by atoms with Gasteiger partial charge in [0.1, 0.15) is 30.1 Å². The molecule has 13 rings (SSSR count). The van der Waals surface area contributed by atoms with Crippen LogP contribution in [0.1, 0.15) is 106 Å². The van der Waals surface area contributed by atoms with E-state index in [4.69, 9.17) is 24.2 Å². The highest BCUT2D eigenvalue weighted by Gasteiger charge is 2.44. The number of ether oxygens (including phenoxy) is 1. The first-order chi connectivity index (χ1) is 39.3. The predicted octanol–water partition coefficient (Wildman–Crippen LogP) is 7.87. The zero-order chi connectivity index (χ0) is 55.6. The molecule has 7 aromatic rings. The molecule has 0 spiro atoms. The third-order valence-electron chi connectivity index (χ3n) is 18.4. The first-order valence-corrected chi connectivity index (χ1v) is 30.2. The van der Waals surface area contributed by atoms with E-state index in [0.717, 1.165) is 163 Å². The molecule has 3 aromatic carbocycles. The number of piperazine rings is 2. The number of aliphatic hydroxyl groups is 1. The largest absolute Gasteiger partial charge is 0.508 e. The number of nitrogens with zero attached hydrogens (tertiary/aromatic N) is 10. The molecule has 4 N–H and O–H groups in total. The number of hydrogen-bond acceptors (Lipinski definition) is 17. The molecule has 6 aliphatic rings. The van der Waals surface area contributed by atoms with Crippen molar-refractivity contribution in [3.05, 3.63) is 101 Å². The van der Waals surface area contributed by atoms with Gasteiger partial charge in [-0.1, -0.05) is 68.4 Å². The van der Waals surface area contributed by atoms with E-state index in [9.17, 15) is 19.8 Å². The highest BCUT2D eigenvalue weighted by atomic mass is 32.1. The van der Waals surface area contributed by atoms with Crippen LogP contribution in [0.4, 0.5) is 11.6 Å². The van der Waals surface area contributed by atoms with E-state index < -0.39 is 18.1 Å². The maximum absolute atomic E-state index is 14.5. The fourth-order valence-corrected chi connectivity index (χ4v) is 14.8. The number of aryl methyl sites for hydroxylation is 1. The number of pyridine rings is 1. The van der Waals surface area contributed by atoms with Crippen molar-refractivity contribution in [1.29, 1.82) is 0 Å². The van der Waals surface area contributed by atoms with E-state index in [0.29, 0.717) is 36.4 Å². The van der Waals surface area contributed by atoms with Crippen LogP contribution in [0.3, 0.4) is 0 Å². The van der Waals surface area contributed by atoms with Gasteiger partial charge in [-0.25, -0.2) is 4.98 Å². The standard InChI is InChI=1S/C62H74N12O6S/c1-35(2)53(61(78)74-33-46(76)27-50(74)60(77)65-37(4)40-9-11-41(12-10-40)58-38(5)64-34-81-58)51-28-52(69-80-51)72-21-19-71(20-22-72)30-39-15-17-70(18-16-39)23-24-79-62-67-57-49(59(68-62)73-31-43-13-14-44(32-73)66-43)29-63-56-48-26-45(75)25-42-7-6-8-47(55(42)48)36(3)54(56)57/h6-12,25-26,28-29,34-37,39,43-44,46,50,53,66,75-76H,13-24,27,30-33H2,1-5H3,(H,65,77)/t36?,37-,43?,44?,46+,50-,53+/m0/s1. The molecule has 2 amide bonds. The lowest BCUT2D eigenvalue weighted by Crippen LogP contribution is -2.51. The van der Waals surface area contributed by atoms with Crippen LogP contribution in [0.2, 0.25) is 0 Å². The van der Waals surface area contributed by atoms with E-state index in [1.165, 1.54) is 10.5 Å². The van der Waals surface area contributed by atoms with Crippen LogP contribution in [0.15, 0.2) is 76.9 Å². The van der Waals surface area contributed by atoms with Crippen molar-refractivity contribution in [2.24, 2.45) is 11.8 Å². The Kier molecular flexibility index (Phi) is 14.7. The molecule has 5 saturated heterocycles. The zero-order valence-corrected chi connectivity index (χ0v) is 47.9. The maximum Gasteiger partial charge on any atom is 0.319 e. The summed E-state index contributed by atoms with van der Waals surface area (Å²) in [6.45, 7) is 19.7. The van der Waals surface area contributed by atoms with E-state index in [-0.39, 0.29) is 48.4 Å².